The molecule has 0 N–H and O–H groups in total. The second-order valence-electron chi connectivity index (χ2n) is 4.78. The summed E-state index contributed by atoms with van der Waals surface area (Å²) in [7, 11) is 0. The molecular formula is C17H13BrN2O4. The zero-order chi connectivity index (χ0) is 16.8. The highest BCUT2D eigenvalue weighted by Crippen LogP contribution is 2.20. The second-order valence-corrected chi connectivity index (χ2v) is 5.70. The molecule has 0 spiro atoms. The Labute approximate surface area is 146 Å². The molecule has 3 rings (SSSR count). The number of carbonyl (C=O) groups is 1. The van der Waals surface area contributed by atoms with E-state index in [-0.39, 0.29) is 19.1 Å². The number of benzene rings is 2. The maximum atomic E-state index is 11.7. The fraction of sp³-hybridized carbons (Fsp3) is 0.118. The van der Waals surface area contributed by atoms with Gasteiger partial charge in [0.05, 0.1) is 0 Å². The number of hydrogen-bond acceptors (Lipinski definition) is 6. The number of esters is 1. The molecule has 7 heteroatoms. The molecule has 1 heterocycles. The lowest BCUT2D eigenvalue weighted by Gasteiger charge is -2.04. The first-order valence-electron chi connectivity index (χ1n) is 7.13. The van der Waals surface area contributed by atoms with Gasteiger partial charge in [-0.25, -0.2) is 4.79 Å². The number of rotatable bonds is 6. The average Bonchev–Trinajstić information content (AvgIpc) is 3.08. The predicted octanol–water partition coefficient (Wildman–Crippen LogP) is 3.62. The molecule has 0 saturated carbocycles. The van der Waals surface area contributed by atoms with Gasteiger partial charge < -0.3 is 14.0 Å². The van der Waals surface area contributed by atoms with E-state index in [9.17, 15) is 4.79 Å². The van der Waals surface area contributed by atoms with Crippen LogP contribution >= 0.6 is 15.9 Å². The molecule has 6 nitrogen and oxygen atoms in total. The highest BCUT2D eigenvalue weighted by molar-refractivity contribution is 9.10. The first-order valence-corrected chi connectivity index (χ1v) is 7.92. The van der Waals surface area contributed by atoms with E-state index in [4.69, 9.17) is 14.0 Å². The SMILES string of the molecule is O=C(COc1ccccc1)OCc1nc(-c2cccc(Br)c2)no1. The first kappa shape index (κ1) is 16.2. The normalized spacial score (nSPS) is 10.4. The monoisotopic (exact) mass is 388 g/mol. The molecule has 2 aromatic carbocycles. The molecule has 0 saturated heterocycles. The van der Waals surface area contributed by atoms with Crippen LogP contribution in [0.3, 0.4) is 0 Å². The Morgan fingerprint density at radius 2 is 1.96 bits per heavy atom. The molecular weight excluding hydrogens is 376 g/mol. The number of aromatic nitrogens is 2. The van der Waals surface area contributed by atoms with Crippen LogP contribution < -0.4 is 4.74 Å². The minimum Gasteiger partial charge on any atom is -0.482 e. The van der Waals surface area contributed by atoms with Crippen molar-refractivity contribution < 1.29 is 18.8 Å². The van der Waals surface area contributed by atoms with Crippen molar-refractivity contribution in [2.75, 3.05) is 6.61 Å². The minimum atomic E-state index is -0.513. The zero-order valence-corrected chi connectivity index (χ0v) is 14.1. The van der Waals surface area contributed by atoms with Gasteiger partial charge in [0.25, 0.3) is 5.89 Å². The number of halogens is 1. The Hall–Kier alpha value is -2.67. The van der Waals surface area contributed by atoms with Crippen molar-refractivity contribution in [3.8, 4) is 17.1 Å². The molecule has 24 heavy (non-hydrogen) atoms. The van der Waals surface area contributed by atoms with Crippen molar-refractivity contribution >= 4 is 21.9 Å². The van der Waals surface area contributed by atoms with Gasteiger partial charge in [-0.15, -0.1) is 0 Å². The van der Waals surface area contributed by atoms with Gasteiger partial charge in [-0.3, -0.25) is 0 Å². The molecule has 0 bridgehead atoms. The molecule has 0 aliphatic heterocycles. The number of ether oxygens (including phenoxy) is 2. The highest BCUT2D eigenvalue weighted by atomic mass is 79.9. The Kier molecular flexibility index (Phi) is 5.22. The molecule has 1 aromatic heterocycles. The largest absolute Gasteiger partial charge is 0.482 e. The molecule has 3 aromatic rings. The third-order valence-corrected chi connectivity index (χ3v) is 3.50. The summed E-state index contributed by atoms with van der Waals surface area (Å²) in [6.07, 6.45) is 0. The third-order valence-electron chi connectivity index (χ3n) is 3.01. The van der Waals surface area contributed by atoms with Crippen LogP contribution in [0.25, 0.3) is 11.4 Å². The zero-order valence-electron chi connectivity index (χ0n) is 12.5. The molecule has 0 radical (unpaired) electrons. The molecule has 0 fully saturated rings. The maximum Gasteiger partial charge on any atom is 0.344 e. The minimum absolute atomic E-state index is 0.0992. The average molecular weight is 389 g/mol. The van der Waals surface area contributed by atoms with Gasteiger partial charge in [0.2, 0.25) is 5.82 Å². The second kappa shape index (κ2) is 7.74. The maximum absolute atomic E-state index is 11.7. The van der Waals surface area contributed by atoms with Crippen molar-refractivity contribution in [3.63, 3.8) is 0 Å². The first-order chi connectivity index (χ1) is 11.7. The van der Waals surface area contributed by atoms with Gasteiger partial charge in [0.15, 0.2) is 13.2 Å². The quantitative estimate of drug-likeness (QED) is 0.600. The van der Waals surface area contributed by atoms with Crippen molar-refractivity contribution in [3.05, 3.63) is 65.0 Å². The fourth-order valence-corrected chi connectivity index (χ4v) is 2.30. The van der Waals surface area contributed by atoms with Gasteiger partial charge in [-0.2, -0.15) is 4.98 Å². The van der Waals surface area contributed by atoms with Crippen molar-refractivity contribution in [1.29, 1.82) is 0 Å². The van der Waals surface area contributed by atoms with E-state index in [1.807, 2.05) is 42.5 Å². The van der Waals surface area contributed by atoms with Gasteiger partial charge in [-0.1, -0.05) is 51.4 Å². The Balaban J connectivity index is 1.51. The molecule has 0 aliphatic carbocycles. The predicted molar refractivity (Wildman–Crippen MR) is 89.2 cm³/mol. The summed E-state index contributed by atoms with van der Waals surface area (Å²) in [4.78, 5) is 15.9. The summed E-state index contributed by atoms with van der Waals surface area (Å²) in [5.74, 6) is 0.742. The summed E-state index contributed by atoms with van der Waals surface area (Å²) < 4.78 is 16.3. The van der Waals surface area contributed by atoms with Crippen LogP contribution in [0.5, 0.6) is 5.75 Å². The molecule has 0 aliphatic rings. The van der Waals surface area contributed by atoms with Crippen LogP contribution in [-0.4, -0.2) is 22.7 Å². The number of carbonyl (C=O) groups excluding carboxylic acids is 1. The fourth-order valence-electron chi connectivity index (χ4n) is 1.90. The van der Waals surface area contributed by atoms with Gasteiger partial charge >= 0.3 is 5.97 Å². The standard InChI is InChI=1S/C17H13BrN2O4/c18-13-6-4-5-12(9-13)17-19-15(24-20-17)10-23-16(21)11-22-14-7-2-1-3-8-14/h1-9H,10-11H2. The Bertz CT molecular complexity index is 820. The van der Waals surface area contributed by atoms with E-state index in [1.54, 1.807) is 12.1 Å². The summed E-state index contributed by atoms with van der Waals surface area (Å²) in [5.41, 5.74) is 0.804. The lowest BCUT2D eigenvalue weighted by atomic mass is 10.2. The number of hydrogen-bond donors (Lipinski definition) is 0. The van der Waals surface area contributed by atoms with Gasteiger partial charge in [0.1, 0.15) is 5.75 Å². The summed E-state index contributed by atoms with van der Waals surface area (Å²) >= 11 is 3.38. The van der Waals surface area contributed by atoms with E-state index in [0.29, 0.717) is 11.6 Å². The summed E-state index contributed by atoms with van der Waals surface area (Å²) in [6, 6.07) is 16.5. The van der Waals surface area contributed by atoms with Crippen LogP contribution in [0.4, 0.5) is 0 Å². The molecule has 0 atom stereocenters. The Morgan fingerprint density at radius 1 is 1.12 bits per heavy atom. The van der Waals surface area contributed by atoms with E-state index < -0.39 is 5.97 Å². The van der Waals surface area contributed by atoms with Crippen molar-refractivity contribution in [2.45, 2.75) is 6.61 Å². The van der Waals surface area contributed by atoms with Crippen LogP contribution in [0.15, 0.2) is 63.6 Å². The van der Waals surface area contributed by atoms with Gasteiger partial charge in [-0.05, 0) is 24.3 Å². The van der Waals surface area contributed by atoms with Crippen molar-refractivity contribution in [2.24, 2.45) is 0 Å². The van der Waals surface area contributed by atoms with Crippen LogP contribution in [0.1, 0.15) is 5.89 Å². The number of nitrogens with zero attached hydrogens (tertiary/aromatic N) is 2. The van der Waals surface area contributed by atoms with Crippen LogP contribution in [0.2, 0.25) is 0 Å². The van der Waals surface area contributed by atoms with E-state index in [1.165, 1.54) is 0 Å². The van der Waals surface area contributed by atoms with E-state index >= 15 is 0 Å². The molecule has 0 unspecified atom stereocenters. The number of para-hydroxylation sites is 1. The summed E-state index contributed by atoms with van der Waals surface area (Å²) in [6.45, 7) is -0.283. The highest BCUT2D eigenvalue weighted by Gasteiger charge is 2.11. The van der Waals surface area contributed by atoms with Gasteiger partial charge in [0, 0.05) is 10.0 Å². The lowest BCUT2D eigenvalue weighted by Crippen LogP contribution is -2.14. The van der Waals surface area contributed by atoms with E-state index in [0.717, 1.165) is 10.0 Å². The Morgan fingerprint density at radius 3 is 2.75 bits per heavy atom. The smallest absolute Gasteiger partial charge is 0.344 e. The molecule has 122 valence electrons. The topological polar surface area (TPSA) is 74.5 Å². The third kappa shape index (κ3) is 4.42. The molecule has 0 amide bonds. The summed E-state index contributed by atoms with van der Waals surface area (Å²) in [5, 5.41) is 3.87. The van der Waals surface area contributed by atoms with Crippen molar-refractivity contribution in [1.82, 2.24) is 10.1 Å². The lowest BCUT2D eigenvalue weighted by molar-refractivity contribution is -0.148. The van der Waals surface area contributed by atoms with Crippen LogP contribution in [0, 0.1) is 0 Å². The van der Waals surface area contributed by atoms with E-state index in [2.05, 4.69) is 26.1 Å². The van der Waals surface area contributed by atoms with Crippen LogP contribution in [-0.2, 0) is 16.1 Å².